The van der Waals surface area contributed by atoms with Crippen LogP contribution in [0, 0.1) is 11.8 Å². The highest BCUT2D eigenvalue weighted by atomic mass is 31.1. The Morgan fingerprint density at radius 1 is 1.45 bits per heavy atom. The van der Waals surface area contributed by atoms with Crippen LogP contribution in [0.25, 0.3) is 0 Å². The third-order valence-corrected chi connectivity index (χ3v) is 2.48. The molecule has 1 saturated heterocycles. The highest BCUT2D eigenvalue weighted by Crippen LogP contribution is 2.32. The first-order valence-corrected chi connectivity index (χ1v) is 5.20. The van der Waals surface area contributed by atoms with E-state index in [4.69, 9.17) is 9.05 Å². The van der Waals surface area contributed by atoms with Crippen LogP contribution in [0.4, 0.5) is 0 Å². The van der Waals surface area contributed by atoms with Crippen molar-refractivity contribution in [1.82, 2.24) is 0 Å². The molecule has 0 unspecified atom stereocenters. The molecule has 1 fully saturated rings. The molecule has 0 spiro atoms. The van der Waals surface area contributed by atoms with Gasteiger partial charge in [0.2, 0.25) is 0 Å². The van der Waals surface area contributed by atoms with Gasteiger partial charge in [0.25, 0.3) is 0 Å². The minimum Gasteiger partial charge on any atom is -0.310 e. The maximum Gasteiger partial charge on any atom is 0.319 e. The molecule has 1 heterocycles. The standard InChI is InChI=1S/C7H15O3P/c1-6(2)3-7-4-9-11(8)10-5-7/h6-7,11H,3-5H2,1-2H3. The molecule has 1 aliphatic heterocycles. The molecule has 3 nitrogen and oxygen atoms in total. The first-order valence-electron chi connectivity index (χ1n) is 3.98. The van der Waals surface area contributed by atoms with Gasteiger partial charge in [-0.15, -0.1) is 0 Å². The van der Waals surface area contributed by atoms with Crippen molar-refractivity contribution in [2.24, 2.45) is 11.8 Å². The predicted molar refractivity (Wildman–Crippen MR) is 43.9 cm³/mol. The first kappa shape index (κ1) is 9.24. The van der Waals surface area contributed by atoms with E-state index in [0.29, 0.717) is 25.0 Å². The van der Waals surface area contributed by atoms with Crippen molar-refractivity contribution < 1.29 is 13.6 Å². The Morgan fingerprint density at radius 2 is 2.00 bits per heavy atom. The zero-order chi connectivity index (χ0) is 8.27. The lowest BCUT2D eigenvalue weighted by Crippen LogP contribution is -2.19. The van der Waals surface area contributed by atoms with Crippen LogP contribution in [0.15, 0.2) is 0 Å². The van der Waals surface area contributed by atoms with E-state index in [0.717, 1.165) is 6.42 Å². The summed E-state index contributed by atoms with van der Waals surface area (Å²) in [6.07, 6.45) is 1.09. The Balaban J connectivity index is 2.22. The zero-order valence-electron chi connectivity index (χ0n) is 7.00. The molecule has 1 rings (SSSR count). The average Bonchev–Trinajstić information content (AvgIpc) is 1.93. The summed E-state index contributed by atoms with van der Waals surface area (Å²) < 4.78 is 20.5. The monoisotopic (exact) mass is 178 g/mol. The Hall–Kier alpha value is 0.150. The molecule has 0 amide bonds. The van der Waals surface area contributed by atoms with Gasteiger partial charge in [-0.2, -0.15) is 0 Å². The van der Waals surface area contributed by atoms with E-state index in [-0.39, 0.29) is 0 Å². The number of rotatable bonds is 2. The quantitative estimate of drug-likeness (QED) is 0.607. The fraction of sp³-hybridized carbons (Fsp3) is 1.00. The Bertz CT molecular complexity index is 137. The highest BCUT2D eigenvalue weighted by molar-refractivity contribution is 7.33. The second kappa shape index (κ2) is 4.24. The molecule has 0 aromatic rings. The van der Waals surface area contributed by atoms with Crippen LogP contribution in [-0.4, -0.2) is 13.2 Å². The summed E-state index contributed by atoms with van der Waals surface area (Å²) in [6.45, 7) is 5.54. The van der Waals surface area contributed by atoms with Gasteiger partial charge in [-0.3, -0.25) is 4.57 Å². The van der Waals surface area contributed by atoms with Crippen LogP contribution in [0.1, 0.15) is 20.3 Å². The van der Waals surface area contributed by atoms with Crippen molar-refractivity contribution >= 4 is 8.25 Å². The van der Waals surface area contributed by atoms with Crippen LogP contribution in [0.5, 0.6) is 0 Å². The topological polar surface area (TPSA) is 35.5 Å². The highest BCUT2D eigenvalue weighted by Gasteiger charge is 2.19. The van der Waals surface area contributed by atoms with Gasteiger partial charge in [-0.1, -0.05) is 13.8 Å². The van der Waals surface area contributed by atoms with Crippen LogP contribution in [-0.2, 0) is 13.6 Å². The summed E-state index contributed by atoms with van der Waals surface area (Å²) in [5.74, 6) is 1.10. The molecule has 0 saturated carbocycles. The van der Waals surface area contributed by atoms with Crippen molar-refractivity contribution in [3.8, 4) is 0 Å². The zero-order valence-corrected chi connectivity index (χ0v) is 8.00. The van der Waals surface area contributed by atoms with E-state index >= 15 is 0 Å². The minimum absolute atomic E-state index is 0.442. The van der Waals surface area contributed by atoms with Gasteiger partial charge >= 0.3 is 8.25 Å². The van der Waals surface area contributed by atoms with Crippen LogP contribution >= 0.6 is 8.25 Å². The summed E-state index contributed by atoms with van der Waals surface area (Å²) in [7, 11) is -2.11. The van der Waals surface area contributed by atoms with E-state index in [1.807, 2.05) is 0 Å². The Labute approximate surface area is 68.0 Å². The number of hydrogen-bond donors (Lipinski definition) is 0. The lowest BCUT2D eigenvalue weighted by Gasteiger charge is -2.22. The van der Waals surface area contributed by atoms with Crippen molar-refractivity contribution in [2.75, 3.05) is 13.2 Å². The molecule has 0 atom stereocenters. The SMILES string of the molecule is CC(C)CC1CO[PH](=O)OC1. The minimum atomic E-state index is -2.11. The van der Waals surface area contributed by atoms with E-state index in [1.165, 1.54) is 0 Å². The average molecular weight is 178 g/mol. The van der Waals surface area contributed by atoms with E-state index in [1.54, 1.807) is 0 Å². The van der Waals surface area contributed by atoms with Crippen molar-refractivity contribution in [2.45, 2.75) is 20.3 Å². The largest absolute Gasteiger partial charge is 0.319 e. The second-order valence-corrected chi connectivity index (χ2v) is 4.44. The molecule has 66 valence electrons. The molecular weight excluding hydrogens is 163 g/mol. The molecule has 0 aromatic carbocycles. The fourth-order valence-corrected chi connectivity index (χ4v) is 2.09. The Kier molecular flexibility index (Phi) is 3.57. The summed E-state index contributed by atoms with van der Waals surface area (Å²) in [5.41, 5.74) is 0. The summed E-state index contributed by atoms with van der Waals surface area (Å²) in [6, 6.07) is 0. The van der Waals surface area contributed by atoms with Crippen molar-refractivity contribution in [3.63, 3.8) is 0 Å². The summed E-state index contributed by atoms with van der Waals surface area (Å²) in [4.78, 5) is 0. The van der Waals surface area contributed by atoms with Gasteiger partial charge in [0, 0.05) is 5.92 Å². The molecule has 0 aromatic heterocycles. The molecule has 1 aliphatic rings. The molecule has 0 aliphatic carbocycles. The van der Waals surface area contributed by atoms with E-state index in [2.05, 4.69) is 13.8 Å². The Morgan fingerprint density at radius 3 is 2.45 bits per heavy atom. The van der Waals surface area contributed by atoms with Gasteiger partial charge in [0.05, 0.1) is 13.2 Å². The molecule has 0 N–H and O–H groups in total. The molecule has 11 heavy (non-hydrogen) atoms. The van der Waals surface area contributed by atoms with Crippen LogP contribution in [0.3, 0.4) is 0 Å². The lowest BCUT2D eigenvalue weighted by atomic mass is 9.99. The van der Waals surface area contributed by atoms with Crippen molar-refractivity contribution in [3.05, 3.63) is 0 Å². The molecule has 4 heteroatoms. The second-order valence-electron chi connectivity index (χ2n) is 3.37. The normalized spacial score (nSPS) is 32.6. The maximum absolute atomic E-state index is 10.6. The van der Waals surface area contributed by atoms with Gasteiger partial charge in [0.1, 0.15) is 0 Å². The first-order chi connectivity index (χ1) is 5.18. The van der Waals surface area contributed by atoms with Gasteiger partial charge < -0.3 is 9.05 Å². The van der Waals surface area contributed by atoms with Gasteiger partial charge in [0.15, 0.2) is 0 Å². The number of hydrogen-bond acceptors (Lipinski definition) is 3. The molecular formula is C7H15O3P. The lowest BCUT2D eigenvalue weighted by molar-refractivity contribution is 0.0960. The maximum atomic E-state index is 10.6. The van der Waals surface area contributed by atoms with Crippen LogP contribution < -0.4 is 0 Å². The van der Waals surface area contributed by atoms with Gasteiger partial charge in [-0.05, 0) is 12.3 Å². The fourth-order valence-electron chi connectivity index (χ4n) is 1.26. The summed E-state index contributed by atoms with van der Waals surface area (Å²) in [5, 5.41) is 0. The van der Waals surface area contributed by atoms with Crippen LogP contribution in [0.2, 0.25) is 0 Å². The van der Waals surface area contributed by atoms with Gasteiger partial charge in [-0.25, -0.2) is 0 Å². The molecule has 0 bridgehead atoms. The third-order valence-electron chi connectivity index (χ3n) is 1.68. The predicted octanol–water partition coefficient (Wildman–Crippen LogP) is 2.09. The van der Waals surface area contributed by atoms with Crippen molar-refractivity contribution in [1.29, 1.82) is 0 Å². The third kappa shape index (κ3) is 3.37. The smallest absolute Gasteiger partial charge is 0.310 e. The van der Waals surface area contributed by atoms with E-state index in [9.17, 15) is 4.57 Å². The molecule has 0 radical (unpaired) electrons. The summed E-state index contributed by atoms with van der Waals surface area (Å²) >= 11 is 0. The van der Waals surface area contributed by atoms with E-state index < -0.39 is 8.25 Å².